The maximum absolute atomic E-state index is 9.66. The van der Waals surface area contributed by atoms with Crippen LogP contribution < -0.4 is 10.1 Å². The summed E-state index contributed by atoms with van der Waals surface area (Å²) in [6.45, 7) is 4.36. The van der Waals surface area contributed by atoms with Crippen molar-refractivity contribution in [3.8, 4) is 11.5 Å². The molecule has 2 N–H and O–H groups in total. The lowest BCUT2D eigenvalue weighted by Crippen LogP contribution is -2.38. The summed E-state index contributed by atoms with van der Waals surface area (Å²) in [5, 5.41) is 13.0. The van der Waals surface area contributed by atoms with Crippen LogP contribution in [0.1, 0.15) is 18.1 Å². The van der Waals surface area contributed by atoms with E-state index in [2.05, 4.69) is 29.3 Å². The highest BCUT2D eigenvalue weighted by Gasteiger charge is 2.07. The number of phenolic OH excluding ortho intramolecular Hbond substituents is 1. The average molecular weight is 341 g/mol. The van der Waals surface area contributed by atoms with Gasteiger partial charge in [0, 0.05) is 26.7 Å². The Kier molecular flexibility index (Phi) is 7.14. The summed E-state index contributed by atoms with van der Waals surface area (Å²) in [6.07, 6.45) is 0.782. The predicted molar refractivity (Wildman–Crippen MR) is 102 cm³/mol. The smallest absolute Gasteiger partial charge is 0.193 e. The van der Waals surface area contributed by atoms with Gasteiger partial charge in [-0.15, -0.1) is 0 Å². The molecule has 134 valence electrons. The van der Waals surface area contributed by atoms with Crippen LogP contribution in [0.2, 0.25) is 0 Å². The summed E-state index contributed by atoms with van der Waals surface area (Å²) < 4.78 is 5.15. The van der Waals surface area contributed by atoms with Crippen LogP contribution in [0.15, 0.2) is 53.5 Å². The molecule has 2 aromatic carbocycles. The zero-order valence-electron chi connectivity index (χ0n) is 15.2. The SMILES string of the molecule is CCNC(=NCCc1ccc(O)c(OC)c1)N(C)Cc1ccccc1. The number of hydrogen-bond acceptors (Lipinski definition) is 3. The van der Waals surface area contributed by atoms with Crippen molar-refractivity contribution in [3.05, 3.63) is 59.7 Å². The standard InChI is InChI=1S/C20H27N3O2/c1-4-21-20(23(2)15-17-8-6-5-7-9-17)22-13-12-16-10-11-18(24)19(14-16)25-3/h5-11,14,24H,4,12-13,15H2,1-3H3,(H,21,22). The van der Waals surface area contributed by atoms with E-state index in [0.717, 1.165) is 31.0 Å². The average Bonchev–Trinajstić information content (AvgIpc) is 2.63. The molecule has 0 saturated carbocycles. The molecule has 5 nitrogen and oxygen atoms in total. The normalized spacial score (nSPS) is 11.2. The van der Waals surface area contributed by atoms with Crippen molar-refractivity contribution in [3.63, 3.8) is 0 Å². The summed E-state index contributed by atoms with van der Waals surface area (Å²) in [5.41, 5.74) is 2.33. The molecule has 0 aliphatic heterocycles. The third-order valence-electron chi connectivity index (χ3n) is 3.87. The number of nitrogens with one attached hydrogen (secondary N) is 1. The molecule has 0 aliphatic carbocycles. The van der Waals surface area contributed by atoms with Crippen LogP contribution in [0.4, 0.5) is 0 Å². The summed E-state index contributed by atoms with van der Waals surface area (Å²) in [6, 6.07) is 15.8. The van der Waals surface area contributed by atoms with Crippen molar-refractivity contribution in [2.24, 2.45) is 4.99 Å². The Morgan fingerprint density at radius 1 is 1.16 bits per heavy atom. The minimum Gasteiger partial charge on any atom is -0.504 e. The maximum Gasteiger partial charge on any atom is 0.193 e. The van der Waals surface area contributed by atoms with E-state index < -0.39 is 0 Å². The number of benzene rings is 2. The highest BCUT2D eigenvalue weighted by molar-refractivity contribution is 5.79. The van der Waals surface area contributed by atoms with E-state index in [-0.39, 0.29) is 5.75 Å². The minimum atomic E-state index is 0.158. The number of aliphatic imine (C=N–C) groups is 1. The number of guanidine groups is 1. The van der Waals surface area contributed by atoms with Gasteiger partial charge in [0.25, 0.3) is 0 Å². The Morgan fingerprint density at radius 3 is 2.60 bits per heavy atom. The molecule has 0 unspecified atom stereocenters. The summed E-state index contributed by atoms with van der Waals surface area (Å²) in [7, 11) is 3.59. The predicted octanol–water partition coefficient (Wildman–Crippen LogP) is 3.04. The van der Waals surface area contributed by atoms with Crippen LogP contribution >= 0.6 is 0 Å². The molecule has 5 heteroatoms. The van der Waals surface area contributed by atoms with Crippen molar-refractivity contribution in [2.45, 2.75) is 19.9 Å². The molecule has 0 spiro atoms. The quantitative estimate of drug-likeness (QED) is 0.600. The van der Waals surface area contributed by atoms with E-state index in [0.29, 0.717) is 12.3 Å². The fourth-order valence-corrected chi connectivity index (χ4v) is 2.57. The van der Waals surface area contributed by atoms with Gasteiger partial charge in [-0.05, 0) is 36.6 Å². The Labute approximate surface area is 150 Å². The van der Waals surface area contributed by atoms with Crippen LogP contribution in [0.3, 0.4) is 0 Å². The van der Waals surface area contributed by atoms with Crippen molar-refractivity contribution < 1.29 is 9.84 Å². The minimum absolute atomic E-state index is 0.158. The monoisotopic (exact) mass is 341 g/mol. The van der Waals surface area contributed by atoms with Gasteiger partial charge >= 0.3 is 0 Å². The molecule has 2 aromatic rings. The van der Waals surface area contributed by atoms with Crippen LogP contribution in [0.25, 0.3) is 0 Å². The van der Waals surface area contributed by atoms with Gasteiger partial charge in [-0.1, -0.05) is 36.4 Å². The number of rotatable bonds is 7. The molecule has 0 aliphatic rings. The molecule has 0 fully saturated rings. The second-order valence-corrected chi connectivity index (χ2v) is 5.83. The van der Waals surface area contributed by atoms with Crippen molar-refractivity contribution in [1.82, 2.24) is 10.2 Å². The molecule has 0 amide bonds. The highest BCUT2D eigenvalue weighted by atomic mass is 16.5. The maximum atomic E-state index is 9.66. The van der Waals surface area contributed by atoms with Crippen LogP contribution in [0.5, 0.6) is 11.5 Å². The molecule has 0 bridgehead atoms. The summed E-state index contributed by atoms with van der Waals surface area (Å²) >= 11 is 0. The Balaban J connectivity index is 1.99. The molecule has 0 atom stereocenters. The molecule has 2 rings (SSSR count). The van der Waals surface area contributed by atoms with Gasteiger partial charge in [0.15, 0.2) is 17.5 Å². The molecule has 0 heterocycles. The van der Waals surface area contributed by atoms with E-state index in [4.69, 9.17) is 9.73 Å². The summed E-state index contributed by atoms with van der Waals surface area (Å²) in [4.78, 5) is 6.83. The Bertz CT molecular complexity index is 687. The number of methoxy groups -OCH3 is 1. The first kappa shape index (κ1) is 18.6. The molecule has 0 saturated heterocycles. The number of nitrogens with zero attached hydrogens (tertiary/aromatic N) is 2. The summed E-state index contributed by atoms with van der Waals surface area (Å²) in [5.74, 6) is 1.54. The van der Waals surface area contributed by atoms with Crippen LogP contribution in [-0.2, 0) is 13.0 Å². The van der Waals surface area contributed by atoms with E-state index in [1.165, 1.54) is 5.56 Å². The third-order valence-corrected chi connectivity index (χ3v) is 3.87. The van der Waals surface area contributed by atoms with Crippen LogP contribution in [0, 0.1) is 0 Å². The van der Waals surface area contributed by atoms with E-state index in [1.54, 1.807) is 13.2 Å². The van der Waals surface area contributed by atoms with Crippen LogP contribution in [-0.4, -0.2) is 43.2 Å². The van der Waals surface area contributed by atoms with Crippen molar-refractivity contribution in [1.29, 1.82) is 0 Å². The zero-order valence-corrected chi connectivity index (χ0v) is 15.2. The molecular weight excluding hydrogens is 314 g/mol. The number of ether oxygens (including phenoxy) is 1. The zero-order chi connectivity index (χ0) is 18.1. The van der Waals surface area contributed by atoms with Crippen molar-refractivity contribution in [2.75, 3.05) is 27.2 Å². The first-order chi connectivity index (χ1) is 12.1. The topological polar surface area (TPSA) is 57.1 Å². The highest BCUT2D eigenvalue weighted by Crippen LogP contribution is 2.26. The number of aromatic hydroxyl groups is 1. The van der Waals surface area contributed by atoms with Crippen molar-refractivity contribution >= 4 is 5.96 Å². The van der Waals surface area contributed by atoms with Gasteiger partial charge in [0.05, 0.1) is 7.11 Å². The lowest BCUT2D eigenvalue weighted by atomic mass is 10.1. The lowest BCUT2D eigenvalue weighted by Gasteiger charge is -2.22. The fourth-order valence-electron chi connectivity index (χ4n) is 2.57. The molecule has 0 radical (unpaired) electrons. The van der Waals surface area contributed by atoms with Gasteiger partial charge in [-0.25, -0.2) is 0 Å². The van der Waals surface area contributed by atoms with E-state index in [9.17, 15) is 5.11 Å². The number of phenols is 1. The molecule has 25 heavy (non-hydrogen) atoms. The first-order valence-electron chi connectivity index (χ1n) is 8.53. The number of hydrogen-bond donors (Lipinski definition) is 2. The van der Waals surface area contributed by atoms with Gasteiger partial charge in [0.1, 0.15) is 0 Å². The third kappa shape index (κ3) is 5.71. The largest absolute Gasteiger partial charge is 0.504 e. The molecule has 0 aromatic heterocycles. The van der Waals surface area contributed by atoms with Gasteiger partial charge in [0.2, 0.25) is 0 Å². The van der Waals surface area contributed by atoms with Gasteiger partial charge < -0.3 is 20.1 Å². The second-order valence-electron chi connectivity index (χ2n) is 5.83. The lowest BCUT2D eigenvalue weighted by molar-refractivity contribution is 0.373. The van der Waals surface area contributed by atoms with E-state index in [1.807, 2.05) is 37.4 Å². The Morgan fingerprint density at radius 2 is 1.92 bits per heavy atom. The fraction of sp³-hybridized carbons (Fsp3) is 0.350. The van der Waals surface area contributed by atoms with E-state index >= 15 is 0 Å². The Hall–Kier alpha value is -2.69. The van der Waals surface area contributed by atoms with Gasteiger partial charge in [-0.2, -0.15) is 0 Å². The second kappa shape index (κ2) is 9.57. The van der Waals surface area contributed by atoms with Gasteiger partial charge in [-0.3, -0.25) is 4.99 Å². The molecular formula is C20H27N3O2. The first-order valence-corrected chi connectivity index (χ1v) is 8.53.